The molecule has 0 atom stereocenters. The van der Waals surface area contributed by atoms with E-state index < -0.39 is 0 Å². The summed E-state index contributed by atoms with van der Waals surface area (Å²) in [6.45, 7) is 2.19. The molecule has 0 N–H and O–H groups in total. The first-order valence-electron chi connectivity index (χ1n) is 10.2. The third-order valence-electron chi connectivity index (χ3n) is 5.24. The maximum Gasteiger partial charge on any atom is 0.338 e. The van der Waals surface area contributed by atoms with Crippen LogP contribution in [0.25, 0.3) is 0 Å². The van der Waals surface area contributed by atoms with Crippen LogP contribution in [0.3, 0.4) is 0 Å². The van der Waals surface area contributed by atoms with E-state index in [4.69, 9.17) is 10.00 Å². The molecule has 144 valence electrons. The summed E-state index contributed by atoms with van der Waals surface area (Å²) in [5.74, 6) is 0.523. The van der Waals surface area contributed by atoms with Gasteiger partial charge in [-0.05, 0) is 75.0 Å². The molecule has 0 bridgehead atoms. The third kappa shape index (κ3) is 7.83. The molecule has 1 aromatic rings. The minimum Gasteiger partial charge on any atom is -0.459 e. The molecule has 1 aliphatic rings. The van der Waals surface area contributed by atoms with Gasteiger partial charge in [0.15, 0.2) is 0 Å². The molecule has 0 amide bonds. The Bertz CT molecular complexity index is 659. The van der Waals surface area contributed by atoms with Crippen LogP contribution in [-0.2, 0) is 11.2 Å². The Morgan fingerprint density at radius 1 is 1.19 bits per heavy atom. The normalized spacial score (nSPS) is 20.0. The second-order valence-electron chi connectivity index (χ2n) is 7.34. The summed E-state index contributed by atoms with van der Waals surface area (Å²) in [5.41, 5.74) is 1.94. The Morgan fingerprint density at radius 2 is 1.93 bits per heavy atom. The van der Waals surface area contributed by atoms with Gasteiger partial charge in [0.2, 0.25) is 0 Å². The van der Waals surface area contributed by atoms with E-state index in [1.165, 1.54) is 24.5 Å². The van der Waals surface area contributed by atoms with Gasteiger partial charge in [0.25, 0.3) is 0 Å². The summed E-state index contributed by atoms with van der Waals surface area (Å²) in [5, 5.41) is 8.42. The molecule has 27 heavy (non-hydrogen) atoms. The highest BCUT2D eigenvalue weighted by molar-refractivity contribution is 5.89. The molecule has 0 unspecified atom stereocenters. The molecule has 3 heteroatoms. The summed E-state index contributed by atoms with van der Waals surface area (Å²) in [6.07, 6.45) is 17.2. The number of unbranched alkanes of at least 4 members (excludes halogenated alkanes) is 1. The summed E-state index contributed by atoms with van der Waals surface area (Å²) < 4.78 is 5.72. The van der Waals surface area contributed by atoms with Crippen LogP contribution in [0.1, 0.15) is 74.2 Å². The van der Waals surface area contributed by atoms with E-state index in [9.17, 15) is 4.79 Å². The Labute approximate surface area is 163 Å². The molecule has 3 nitrogen and oxygen atoms in total. The number of hydrogen-bond acceptors (Lipinski definition) is 3. The van der Waals surface area contributed by atoms with Crippen LogP contribution in [-0.4, -0.2) is 12.1 Å². The Kier molecular flexibility index (Phi) is 9.41. The molecule has 1 aliphatic carbocycles. The van der Waals surface area contributed by atoms with Gasteiger partial charge in [-0.1, -0.05) is 43.7 Å². The lowest BCUT2D eigenvalue weighted by molar-refractivity contribution is 0.0162. The van der Waals surface area contributed by atoms with Gasteiger partial charge in [-0.3, -0.25) is 0 Å². The lowest BCUT2D eigenvalue weighted by atomic mass is 9.84. The number of carbonyl (C=O) groups is 1. The highest BCUT2D eigenvalue weighted by Gasteiger charge is 2.23. The highest BCUT2D eigenvalue weighted by atomic mass is 16.5. The predicted octanol–water partition coefficient (Wildman–Crippen LogP) is 6.16. The van der Waals surface area contributed by atoms with Gasteiger partial charge in [0.05, 0.1) is 11.6 Å². The first kappa shape index (κ1) is 21.0. The van der Waals surface area contributed by atoms with Gasteiger partial charge in [-0.25, -0.2) is 4.79 Å². The second kappa shape index (κ2) is 12.1. The average Bonchev–Trinajstić information content (AvgIpc) is 2.70. The van der Waals surface area contributed by atoms with Crippen LogP contribution in [0.15, 0.2) is 48.6 Å². The van der Waals surface area contributed by atoms with Crippen molar-refractivity contribution in [2.45, 2.75) is 70.8 Å². The van der Waals surface area contributed by atoms with Gasteiger partial charge in [0, 0.05) is 6.08 Å². The Hall–Kier alpha value is -2.34. The average molecular weight is 366 g/mol. The van der Waals surface area contributed by atoms with E-state index in [-0.39, 0.29) is 12.1 Å². The van der Waals surface area contributed by atoms with Crippen LogP contribution < -0.4 is 0 Å². The van der Waals surface area contributed by atoms with Crippen molar-refractivity contribution in [1.29, 1.82) is 5.26 Å². The van der Waals surface area contributed by atoms with Crippen molar-refractivity contribution in [2.75, 3.05) is 0 Å². The summed E-state index contributed by atoms with van der Waals surface area (Å²) in [6, 6.07) is 9.86. The topological polar surface area (TPSA) is 50.1 Å². The zero-order chi connectivity index (χ0) is 19.3. The van der Waals surface area contributed by atoms with Crippen molar-refractivity contribution in [3.8, 4) is 6.07 Å². The van der Waals surface area contributed by atoms with Crippen molar-refractivity contribution < 1.29 is 9.53 Å². The van der Waals surface area contributed by atoms with Crippen molar-refractivity contribution in [3.63, 3.8) is 0 Å². The number of allylic oxidation sites excluding steroid dienone is 4. The maximum atomic E-state index is 12.4. The van der Waals surface area contributed by atoms with Gasteiger partial charge in [0.1, 0.15) is 6.10 Å². The van der Waals surface area contributed by atoms with Crippen molar-refractivity contribution in [1.82, 2.24) is 0 Å². The van der Waals surface area contributed by atoms with E-state index in [0.29, 0.717) is 11.5 Å². The predicted molar refractivity (Wildman–Crippen MR) is 109 cm³/mol. The first-order chi connectivity index (χ1) is 13.2. The van der Waals surface area contributed by atoms with E-state index in [2.05, 4.69) is 13.0 Å². The number of aryl methyl sites for hydroxylation is 1. The summed E-state index contributed by atoms with van der Waals surface area (Å²) >= 11 is 0. The zero-order valence-corrected chi connectivity index (χ0v) is 16.4. The highest BCUT2D eigenvalue weighted by Crippen LogP contribution is 2.30. The number of benzene rings is 1. The van der Waals surface area contributed by atoms with Crippen LogP contribution in [0.5, 0.6) is 0 Å². The van der Waals surface area contributed by atoms with Crippen molar-refractivity contribution in [2.24, 2.45) is 5.92 Å². The largest absolute Gasteiger partial charge is 0.459 e. The number of nitriles is 1. The second-order valence-corrected chi connectivity index (χ2v) is 7.34. The van der Waals surface area contributed by atoms with E-state index >= 15 is 0 Å². The van der Waals surface area contributed by atoms with E-state index in [1.54, 1.807) is 6.08 Å². The first-order valence-corrected chi connectivity index (χ1v) is 10.2. The minimum atomic E-state index is -0.187. The van der Waals surface area contributed by atoms with Crippen LogP contribution in [0, 0.1) is 17.2 Å². The summed E-state index contributed by atoms with van der Waals surface area (Å²) in [7, 11) is 0. The maximum absolute atomic E-state index is 12.4. The molecule has 1 aromatic carbocycles. The van der Waals surface area contributed by atoms with Gasteiger partial charge >= 0.3 is 5.97 Å². The van der Waals surface area contributed by atoms with Crippen LogP contribution >= 0.6 is 0 Å². The molecular formula is C24H31NO2. The fourth-order valence-corrected chi connectivity index (χ4v) is 3.55. The van der Waals surface area contributed by atoms with Crippen LogP contribution in [0.4, 0.5) is 0 Å². The molecule has 0 heterocycles. The fourth-order valence-electron chi connectivity index (χ4n) is 3.55. The smallest absolute Gasteiger partial charge is 0.338 e. The standard InChI is InChI=1S/C24H31NO2/c1-2-3-9-20-11-15-22(16-12-20)24(26)27-23-17-13-21(14-18-23)10-7-5-4-6-8-19-25/h4-6,8,11-12,15-16,21,23H,2-3,7,9-10,13-14,17-18H2,1H3. The molecule has 0 saturated heterocycles. The van der Waals surface area contributed by atoms with Gasteiger partial charge in [-0.15, -0.1) is 0 Å². The number of carbonyl (C=O) groups excluding carboxylic acids is 1. The molecule has 1 fully saturated rings. The SMILES string of the molecule is CCCCc1ccc(C(=O)OC2CCC(CCC=CC=CC#N)CC2)cc1. The number of ether oxygens (including phenoxy) is 1. The molecule has 0 aromatic heterocycles. The summed E-state index contributed by atoms with van der Waals surface area (Å²) in [4.78, 5) is 12.4. The molecule has 0 spiro atoms. The lowest BCUT2D eigenvalue weighted by Crippen LogP contribution is -2.24. The fraction of sp³-hybridized carbons (Fsp3) is 0.500. The Balaban J connectivity index is 1.69. The molecule has 1 saturated carbocycles. The number of hydrogen-bond donors (Lipinski definition) is 0. The lowest BCUT2D eigenvalue weighted by Gasteiger charge is -2.28. The molecule has 0 radical (unpaired) electrons. The van der Waals surface area contributed by atoms with Gasteiger partial charge in [-0.2, -0.15) is 5.26 Å². The molecule has 2 rings (SSSR count). The van der Waals surface area contributed by atoms with Crippen molar-refractivity contribution in [3.05, 3.63) is 59.7 Å². The van der Waals surface area contributed by atoms with Gasteiger partial charge < -0.3 is 4.74 Å². The minimum absolute atomic E-state index is 0.0580. The number of nitrogens with zero attached hydrogens (tertiary/aromatic N) is 1. The van der Waals surface area contributed by atoms with E-state index in [1.807, 2.05) is 36.4 Å². The number of rotatable bonds is 9. The quantitative estimate of drug-likeness (QED) is 0.299. The molecule has 0 aliphatic heterocycles. The van der Waals surface area contributed by atoms with Crippen LogP contribution in [0.2, 0.25) is 0 Å². The Morgan fingerprint density at radius 3 is 2.59 bits per heavy atom. The zero-order valence-electron chi connectivity index (χ0n) is 16.4. The van der Waals surface area contributed by atoms with Crippen molar-refractivity contribution >= 4 is 5.97 Å². The molecular weight excluding hydrogens is 334 g/mol. The third-order valence-corrected chi connectivity index (χ3v) is 5.24. The number of esters is 1. The van der Waals surface area contributed by atoms with E-state index in [0.717, 1.165) is 44.9 Å². The monoisotopic (exact) mass is 365 g/mol.